The third kappa shape index (κ3) is 3.21. The summed E-state index contributed by atoms with van der Waals surface area (Å²) < 4.78 is 20.4. The predicted octanol–water partition coefficient (Wildman–Crippen LogP) is 2.74. The number of benzene rings is 1. The van der Waals surface area contributed by atoms with E-state index < -0.39 is 0 Å². The number of rotatable bonds is 5. The Morgan fingerprint density at radius 2 is 2.12 bits per heavy atom. The molecule has 1 fully saturated rings. The number of halogens is 1. The van der Waals surface area contributed by atoms with Crippen LogP contribution in [0.2, 0.25) is 0 Å². The first kappa shape index (κ1) is 15.0. The molecule has 1 atom stereocenters. The van der Waals surface area contributed by atoms with Gasteiger partial charge in [-0.05, 0) is 43.7 Å². The second kappa shape index (κ2) is 6.52. The SMILES string of the molecule is Fc1ccc(-c2nc(CN3CCC[C@@H]3Cn3cncn3)co2)cc1. The molecule has 124 valence electrons. The van der Waals surface area contributed by atoms with Gasteiger partial charge in [-0.15, -0.1) is 0 Å². The summed E-state index contributed by atoms with van der Waals surface area (Å²) in [7, 11) is 0. The zero-order valence-electron chi connectivity index (χ0n) is 13.2. The molecule has 1 saturated heterocycles. The molecular weight excluding hydrogens is 309 g/mol. The Morgan fingerprint density at radius 1 is 1.25 bits per heavy atom. The quantitative estimate of drug-likeness (QED) is 0.721. The van der Waals surface area contributed by atoms with Crippen molar-refractivity contribution in [1.29, 1.82) is 0 Å². The molecular formula is C17H18FN5O. The van der Waals surface area contributed by atoms with Crippen LogP contribution in [0.1, 0.15) is 18.5 Å². The zero-order valence-corrected chi connectivity index (χ0v) is 13.2. The maximum absolute atomic E-state index is 13.0. The second-order valence-corrected chi connectivity index (χ2v) is 6.03. The fourth-order valence-corrected chi connectivity index (χ4v) is 3.17. The molecule has 0 amide bonds. The minimum atomic E-state index is -0.265. The Balaban J connectivity index is 1.44. The van der Waals surface area contributed by atoms with Gasteiger partial charge in [0.25, 0.3) is 0 Å². The van der Waals surface area contributed by atoms with E-state index in [1.807, 2.05) is 4.68 Å². The van der Waals surface area contributed by atoms with Crippen molar-refractivity contribution in [2.75, 3.05) is 6.54 Å². The molecule has 3 aromatic rings. The molecule has 2 aromatic heterocycles. The molecule has 6 nitrogen and oxygen atoms in total. The van der Waals surface area contributed by atoms with Crippen molar-refractivity contribution in [2.24, 2.45) is 0 Å². The highest BCUT2D eigenvalue weighted by Gasteiger charge is 2.26. The summed E-state index contributed by atoms with van der Waals surface area (Å²) in [4.78, 5) is 10.9. The number of oxazole rings is 1. The van der Waals surface area contributed by atoms with Crippen LogP contribution in [0.3, 0.4) is 0 Å². The fraction of sp³-hybridized carbons (Fsp3) is 0.353. The van der Waals surface area contributed by atoms with Gasteiger partial charge in [0, 0.05) is 18.2 Å². The standard InChI is InChI=1S/C17H18FN5O/c18-14-5-3-13(4-6-14)17-21-15(10-24-17)8-22-7-1-2-16(22)9-23-12-19-11-20-23/h3-6,10-12,16H,1-2,7-9H2/t16-/m1/s1. The van der Waals surface area contributed by atoms with Gasteiger partial charge >= 0.3 is 0 Å². The fourth-order valence-electron chi connectivity index (χ4n) is 3.17. The van der Waals surface area contributed by atoms with E-state index in [0.717, 1.165) is 37.3 Å². The van der Waals surface area contributed by atoms with E-state index in [9.17, 15) is 4.39 Å². The van der Waals surface area contributed by atoms with Crippen molar-refractivity contribution in [2.45, 2.75) is 32.0 Å². The van der Waals surface area contributed by atoms with Crippen molar-refractivity contribution in [3.8, 4) is 11.5 Å². The molecule has 0 bridgehead atoms. The predicted molar refractivity (Wildman–Crippen MR) is 85.4 cm³/mol. The largest absolute Gasteiger partial charge is 0.444 e. The highest BCUT2D eigenvalue weighted by Crippen LogP contribution is 2.23. The summed E-state index contributed by atoms with van der Waals surface area (Å²) >= 11 is 0. The Morgan fingerprint density at radius 3 is 2.92 bits per heavy atom. The Kier molecular flexibility index (Phi) is 4.08. The molecule has 0 saturated carbocycles. The van der Waals surface area contributed by atoms with Crippen LogP contribution in [0.15, 0.2) is 47.6 Å². The smallest absolute Gasteiger partial charge is 0.226 e. The molecule has 0 N–H and O–H groups in total. The summed E-state index contributed by atoms with van der Waals surface area (Å²) in [6.45, 7) is 2.62. The van der Waals surface area contributed by atoms with Crippen LogP contribution >= 0.6 is 0 Å². The first-order valence-electron chi connectivity index (χ1n) is 8.05. The van der Waals surface area contributed by atoms with E-state index in [2.05, 4.69) is 20.0 Å². The van der Waals surface area contributed by atoms with Crippen molar-refractivity contribution < 1.29 is 8.81 Å². The molecule has 0 aliphatic carbocycles. The second-order valence-electron chi connectivity index (χ2n) is 6.03. The van der Waals surface area contributed by atoms with Gasteiger partial charge in [-0.2, -0.15) is 5.10 Å². The van der Waals surface area contributed by atoms with Crippen LogP contribution in [-0.2, 0) is 13.1 Å². The Labute approximate surface area is 138 Å². The molecule has 0 spiro atoms. The molecule has 1 aromatic carbocycles. The molecule has 3 heterocycles. The lowest BCUT2D eigenvalue weighted by molar-refractivity contribution is 0.216. The average Bonchev–Trinajstić information content (AvgIpc) is 3.32. The summed E-state index contributed by atoms with van der Waals surface area (Å²) in [5.41, 5.74) is 1.67. The van der Waals surface area contributed by atoms with Crippen molar-refractivity contribution in [3.05, 3.63) is 54.7 Å². The molecule has 1 aliphatic rings. The lowest BCUT2D eigenvalue weighted by Gasteiger charge is -2.23. The van der Waals surface area contributed by atoms with Gasteiger partial charge in [-0.3, -0.25) is 9.58 Å². The molecule has 0 unspecified atom stereocenters. The van der Waals surface area contributed by atoms with E-state index in [1.54, 1.807) is 31.1 Å². The van der Waals surface area contributed by atoms with Crippen LogP contribution in [0.4, 0.5) is 4.39 Å². The van der Waals surface area contributed by atoms with Gasteiger partial charge in [0.15, 0.2) is 0 Å². The minimum Gasteiger partial charge on any atom is -0.444 e. The number of hydrogen-bond donors (Lipinski definition) is 0. The highest BCUT2D eigenvalue weighted by atomic mass is 19.1. The maximum Gasteiger partial charge on any atom is 0.226 e. The molecule has 0 radical (unpaired) electrons. The zero-order chi connectivity index (χ0) is 16.4. The van der Waals surface area contributed by atoms with E-state index in [0.29, 0.717) is 11.9 Å². The molecule has 24 heavy (non-hydrogen) atoms. The average molecular weight is 327 g/mol. The molecule has 7 heteroatoms. The minimum absolute atomic E-state index is 0.265. The third-order valence-corrected chi connectivity index (χ3v) is 4.37. The first-order valence-corrected chi connectivity index (χ1v) is 8.05. The van der Waals surface area contributed by atoms with Crippen molar-refractivity contribution in [3.63, 3.8) is 0 Å². The van der Waals surface area contributed by atoms with Gasteiger partial charge in [-0.25, -0.2) is 14.4 Å². The maximum atomic E-state index is 13.0. The number of hydrogen-bond acceptors (Lipinski definition) is 5. The van der Waals surface area contributed by atoms with Crippen molar-refractivity contribution in [1.82, 2.24) is 24.6 Å². The summed E-state index contributed by atoms with van der Waals surface area (Å²) in [6.07, 6.45) is 7.30. The van der Waals surface area contributed by atoms with Gasteiger partial charge < -0.3 is 4.42 Å². The van der Waals surface area contributed by atoms with Gasteiger partial charge in [0.1, 0.15) is 24.7 Å². The normalized spacial score (nSPS) is 18.3. The van der Waals surface area contributed by atoms with Crippen molar-refractivity contribution >= 4 is 0 Å². The van der Waals surface area contributed by atoms with Crippen LogP contribution in [0.25, 0.3) is 11.5 Å². The topological polar surface area (TPSA) is 60.0 Å². The van der Waals surface area contributed by atoms with Gasteiger partial charge in [-0.1, -0.05) is 0 Å². The molecule has 4 rings (SSSR count). The van der Waals surface area contributed by atoms with Crippen LogP contribution in [0.5, 0.6) is 0 Å². The number of likely N-dealkylation sites (tertiary alicyclic amines) is 1. The lowest BCUT2D eigenvalue weighted by atomic mass is 10.2. The van der Waals surface area contributed by atoms with E-state index in [1.165, 1.54) is 18.6 Å². The van der Waals surface area contributed by atoms with Crippen LogP contribution < -0.4 is 0 Å². The summed E-state index contributed by atoms with van der Waals surface area (Å²) in [5.74, 6) is 0.260. The third-order valence-electron chi connectivity index (χ3n) is 4.37. The van der Waals surface area contributed by atoms with E-state index >= 15 is 0 Å². The summed E-state index contributed by atoms with van der Waals surface area (Å²) in [6, 6.07) is 6.60. The number of aromatic nitrogens is 4. The van der Waals surface area contributed by atoms with Gasteiger partial charge in [0.05, 0.1) is 12.2 Å². The van der Waals surface area contributed by atoms with Crippen LogP contribution in [0, 0.1) is 5.82 Å². The Hall–Kier alpha value is -2.54. The van der Waals surface area contributed by atoms with E-state index in [-0.39, 0.29) is 5.82 Å². The Bertz CT molecular complexity index is 784. The summed E-state index contributed by atoms with van der Waals surface area (Å²) in [5, 5.41) is 4.19. The first-order chi connectivity index (χ1) is 11.8. The van der Waals surface area contributed by atoms with Crippen LogP contribution in [-0.4, -0.2) is 37.2 Å². The lowest BCUT2D eigenvalue weighted by Crippen LogP contribution is -2.32. The monoisotopic (exact) mass is 327 g/mol. The van der Waals surface area contributed by atoms with E-state index in [4.69, 9.17) is 4.42 Å². The molecule has 1 aliphatic heterocycles. The number of nitrogens with zero attached hydrogens (tertiary/aromatic N) is 5. The highest BCUT2D eigenvalue weighted by molar-refractivity contribution is 5.52. The van der Waals surface area contributed by atoms with Gasteiger partial charge in [0.2, 0.25) is 5.89 Å².